The second-order valence-electron chi connectivity index (χ2n) is 15.3. The molecule has 5 aromatic rings. The highest BCUT2D eigenvalue weighted by Gasteiger charge is 2.43. The van der Waals surface area contributed by atoms with Gasteiger partial charge in [-0.25, -0.2) is 0 Å². The van der Waals surface area contributed by atoms with Crippen molar-refractivity contribution in [1.29, 1.82) is 0 Å². The fourth-order valence-corrected chi connectivity index (χ4v) is 11.4. The summed E-state index contributed by atoms with van der Waals surface area (Å²) in [5.74, 6) is -15.7. The highest BCUT2D eigenvalue weighted by atomic mass is 32.2. The summed E-state index contributed by atoms with van der Waals surface area (Å²) >= 11 is 0. The zero-order valence-corrected chi connectivity index (χ0v) is 41.0. The Morgan fingerprint density at radius 3 is 1.04 bits per heavy atom. The lowest BCUT2D eigenvalue weighted by atomic mass is 9.91. The van der Waals surface area contributed by atoms with Gasteiger partial charge < -0.3 is 12.5 Å². The van der Waals surface area contributed by atoms with Crippen LogP contribution in [0.15, 0.2) is 160 Å². The second-order valence-corrected chi connectivity index (χ2v) is 19.9. The van der Waals surface area contributed by atoms with Gasteiger partial charge in [0.2, 0.25) is 46.2 Å². The van der Waals surface area contributed by atoms with Crippen LogP contribution in [0.3, 0.4) is 0 Å². The summed E-state index contributed by atoms with van der Waals surface area (Å²) in [5.41, 5.74) is 42.3. The SMILES string of the molecule is [N-]=[N+]=NC1=C(N=[N+]=[N-])c2c(cccc2S(=O)(=O)Oc2ccc(C(=O)c3ccccc3)c(OS(=O)(=O)c3cccc4c3C(N=[N+]=[N-])=C(N=[N+]=[N-])C(=O)C4=O)c2OS(=O)(=O)c2cccc3c2C(N=[N+]=[N-])=C(N=[N+]=[N-])C(=O)C3=O)C(=O)C1=O. The molecule has 0 amide bonds. The first-order chi connectivity index (χ1) is 38.1. The second kappa shape index (κ2) is 21.0. The minimum Gasteiger partial charge on any atom is -0.375 e. The van der Waals surface area contributed by atoms with Crippen molar-refractivity contribution in [3.8, 4) is 17.2 Å². The van der Waals surface area contributed by atoms with E-state index in [1.165, 1.54) is 18.2 Å². The van der Waals surface area contributed by atoms with Crippen molar-refractivity contribution in [3.63, 3.8) is 0 Å². The molecule has 3 aliphatic rings. The summed E-state index contributed by atoms with van der Waals surface area (Å²) in [6, 6.07) is 14.4. The highest BCUT2D eigenvalue weighted by Crippen LogP contribution is 2.48. The molecule has 80 heavy (non-hydrogen) atoms. The van der Waals surface area contributed by atoms with E-state index in [9.17, 15) is 75.2 Å². The van der Waals surface area contributed by atoms with E-state index in [4.69, 9.17) is 12.5 Å². The Kier molecular flexibility index (Phi) is 14.3. The van der Waals surface area contributed by atoms with Gasteiger partial charge in [-0.05, 0) is 63.5 Å². The third-order valence-electron chi connectivity index (χ3n) is 11.1. The van der Waals surface area contributed by atoms with Crippen molar-refractivity contribution in [2.45, 2.75) is 14.7 Å². The molecule has 0 saturated carbocycles. The van der Waals surface area contributed by atoms with Crippen LogP contribution in [0.1, 0.15) is 63.7 Å². The van der Waals surface area contributed by atoms with Gasteiger partial charge in [0, 0.05) is 68.4 Å². The lowest BCUT2D eigenvalue weighted by Crippen LogP contribution is -2.26. The molecule has 0 bridgehead atoms. The third kappa shape index (κ3) is 9.25. The summed E-state index contributed by atoms with van der Waals surface area (Å²) in [7, 11) is -17.9. The number of rotatable bonds is 17. The smallest absolute Gasteiger partial charge is 0.340 e. The number of ketones is 7. The molecule has 0 atom stereocenters. The van der Waals surface area contributed by atoms with E-state index >= 15 is 16.8 Å². The maximum absolute atomic E-state index is 15.0. The van der Waals surface area contributed by atoms with Crippen LogP contribution < -0.4 is 12.5 Å². The fraction of sp³-hybridized carbons (Fsp3) is 0. The van der Waals surface area contributed by atoms with Gasteiger partial charge in [0.15, 0.2) is 11.5 Å². The zero-order chi connectivity index (χ0) is 58.0. The molecule has 37 heteroatoms. The van der Waals surface area contributed by atoms with Crippen LogP contribution in [0.2, 0.25) is 0 Å². The van der Waals surface area contributed by atoms with Gasteiger partial charge in [0.1, 0.15) is 14.7 Å². The quantitative estimate of drug-likeness (QED) is 0.0210. The molecule has 0 unspecified atom stereocenters. The maximum atomic E-state index is 15.0. The molecule has 0 heterocycles. The van der Waals surface area contributed by atoms with E-state index in [0.717, 1.165) is 48.5 Å². The summed E-state index contributed by atoms with van der Waals surface area (Å²) in [5, 5.41) is 19.1. The van der Waals surface area contributed by atoms with Gasteiger partial charge in [0.25, 0.3) is 0 Å². The maximum Gasteiger partial charge on any atom is 0.340 e. The molecule has 8 rings (SSSR count). The normalized spacial score (nSPS) is 13.8. The van der Waals surface area contributed by atoms with Gasteiger partial charge in [-0.2, -0.15) is 25.3 Å². The van der Waals surface area contributed by atoms with Crippen LogP contribution in [0.25, 0.3) is 79.7 Å². The predicted molar refractivity (Wildman–Crippen MR) is 263 cm³/mol. The Morgan fingerprint density at radius 2 is 0.688 bits per heavy atom. The Bertz CT molecular complexity index is 4610. The third-order valence-corrected chi connectivity index (χ3v) is 14.9. The van der Waals surface area contributed by atoms with Crippen LogP contribution in [-0.4, -0.2) is 65.7 Å². The number of carbonyl (C=O) groups excluding carboxylic acids is 7. The molecule has 0 aliphatic heterocycles. The molecule has 34 nitrogen and oxygen atoms in total. The van der Waals surface area contributed by atoms with Gasteiger partial charge in [-0.1, -0.05) is 97.4 Å². The minimum absolute atomic E-state index is 0.350. The van der Waals surface area contributed by atoms with Crippen molar-refractivity contribution >= 4 is 87.9 Å². The number of fused-ring (bicyclic) bond motifs is 3. The molecule has 3 aliphatic carbocycles. The minimum atomic E-state index is -6.05. The molecule has 5 aromatic carbocycles. The van der Waals surface area contributed by atoms with Crippen molar-refractivity contribution in [3.05, 3.63) is 221 Å². The Labute approximate surface area is 441 Å². The van der Waals surface area contributed by atoms with Crippen molar-refractivity contribution in [2.75, 3.05) is 0 Å². The van der Waals surface area contributed by atoms with E-state index in [2.05, 4.69) is 60.2 Å². The molecule has 392 valence electrons. The average Bonchev–Trinajstić information content (AvgIpc) is 3.57. The first kappa shape index (κ1) is 54.4. The van der Waals surface area contributed by atoms with Crippen LogP contribution in [0.4, 0.5) is 0 Å². The number of carbonyl (C=O) groups is 7. The van der Waals surface area contributed by atoms with E-state index in [-0.39, 0.29) is 5.56 Å². The number of hydrogen-bond donors (Lipinski definition) is 0. The van der Waals surface area contributed by atoms with Crippen LogP contribution in [-0.2, 0) is 44.7 Å². The molecule has 0 fully saturated rings. The summed E-state index contributed by atoms with van der Waals surface area (Å²) in [4.78, 5) is 105. The van der Waals surface area contributed by atoms with Crippen LogP contribution in [0, 0.1) is 0 Å². The molecular formula is C43H16N18O16S3. The summed E-state index contributed by atoms with van der Waals surface area (Å²) in [6.07, 6.45) is 0. The summed E-state index contributed by atoms with van der Waals surface area (Å²) < 4.78 is 106. The fourth-order valence-electron chi connectivity index (χ4n) is 7.89. The van der Waals surface area contributed by atoms with E-state index in [1.807, 2.05) is 0 Å². The van der Waals surface area contributed by atoms with Crippen LogP contribution in [0.5, 0.6) is 17.2 Å². The lowest BCUT2D eigenvalue weighted by Gasteiger charge is -2.23. The van der Waals surface area contributed by atoms with E-state index < -0.39 is 176 Å². The largest absolute Gasteiger partial charge is 0.375 e. The van der Waals surface area contributed by atoms with Gasteiger partial charge in [0.05, 0.1) is 39.7 Å². The standard InChI is InChI=1S/C43H16N18O16S3/c44-56-50-29-26-18(36(63)39(66)32(29)53-59-47)9-4-12-23(26)78(69,70)75-22-16-15-21(35(62)17-7-2-1-3-8-17)42(76-79(71,72)24-13-5-10-19-27(24)30(51-57-45)33(54-60-48)40(67)37(19)64)43(22)77-80(73,74)25-14-6-11-20-28(25)31(52-58-46)34(55-61-49)41(68)38(20)65/h1-16H. The molecular weight excluding hydrogens is 1120 g/mol. The predicted octanol–water partition coefficient (Wildman–Crippen LogP) is 8.38. The molecule has 0 saturated heterocycles. The van der Waals surface area contributed by atoms with Gasteiger partial charge in [-0.3, -0.25) is 33.6 Å². The van der Waals surface area contributed by atoms with Crippen molar-refractivity contribution in [1.82, 2.24) is 0 Å². The topological polar surface area (TPSA) is 542 Å². The van der Waals surface area contributed by atoms with E-state index in [1.54, 1.807) is 0 Å². The zero-order valence-electron chi connectivity index (χ0n) is 38.5. The van der Waals surface area contributed by atoms with Gasteiger partial charge >= 0.3 is 30.4 Å². The molecule has 0 aromatic heterocycles. The molecule has 0 radical (unpaired) electrons. The Hall–Kier alpha value is -11.9. The van der Waals surface area contributed by atoms with E-state index in [0.29, 0.717) is 30.3 Å². The Morgan fingerprint density at radius 1 is 0.362 bits per heavy atom. The molecule has 0 spiro atoms. The average molecular weight is 1140 g/mol. The first-order valence-electron chi connectivity index (χ1n) is 20.9. The van der Waals surface area contributed by atoms with Crippen molar-refractivity contribution < 1.29 is 71.4 Å². The molecule has 0 N–H and O–H groups in total. The first-order valence-corrected chi connectivity index (χ1v) is 25.2. The number of allylic oxidation sites excluding steroid dienone is 3. The summed E-state index contributed by atoms with van der Waals surface area (Å²) in [6.45, 7) is 0. The number of nitrogens with zero attached hydrogens (tertiary/aromatic N) is 18. The number of hydrogen-bond acceptors (Lipinski definition) is 22. The highest BCUT2D eigenvalue weighted by molar-refractivity contribution is 7.88. The van der Waals surface area contributed by atoms with Crippen molar-refractivity contribution in [2.24, 2.45) is 30.7 Å². The monoisotopic (exact) mass is 1140 g/mol. The lowest BCUT2D eigenvalue weighted by molar-refractivity contribution is -0.112. The van der Waals surface area contributed by atoms with Gasteiger partial charge in [-0.15, -0.1) is 0 Å². The number of azide groups is 6. The Balaban J connectivity index is 1.48. The number of benzene rings is 5. The number of Topliss-reactive ketones (excluding diaryl/α,β-unsaturated/α-hetero) is 6. The van der Waals surface area contributed by atoms with Crippen LogP contribution >= 0.6 is 0 Å².